The van der Waals surface area contributed by atoms with E-state index in [1.54, 1.807) is 0 Å². The Morgan fingerprint density at radius 2 is 1.95 bits per heavy atom. The summed E-state index contributed by atoms with van der Waals surface area (Å²) >= 11 is 6.33. The zero-order valence-corrected chi connectivity index (χ0v) is 14.4. The van der Waals surface area contributed by atoms with Crippen molar-refractivity contribution in [2.45, 2.75) is 58.4 Å². The maximum atomic E-state index is 6.33. The molecule has 1 aromatic carbocycles. The highest BCUT2D eigenvalue weighted by Gasteiger charge is 2.15. The minimum Gasteiger partial charge on any atom is -0.491 e. The summed E-state index contributed by atoms with van der Waals surface area (Å²) in [5.41, 5.74) is 1.13. The summed E-state index contributed by atoms with van der Waals surface area (Å²) < 4.78 is 8.39. The summed E-state index contributed by atoms with van der Waals surface area (Å²) in [6.07, 6.45) is 10.2. The van der Waals surface area contributed by atoms with E-state index >= 15 is 0 Å². The van der Waals surface area contributed by atoms with Crippen LogP contribution < -0.4 is 4.74 Å². The molecule has 0 radical (unpaired) electrons. The average Bonchev–Trinajstić information content (AvgIpc) is 2.97. The molecule has 1 heterocycles. The average molecular weight is 320 g/mol. The number of nitrogens with zero attached hydrogens (tertiary/aromatic N) is 1. The zero-order chi connectivity index (χ0) is 15.5. The second-order valence-corrected chi connectivity index (χ2v) is 7.17. The number of ether oxygens (including phenoxy) is 1. The van der Waals surface area contributed by atoms with Crippen molar-refractivity contribution in [2.24, 2.45) is 5.92 Å². The van der Waals surface area contributed by atoms with Gasteiger partial charge in [0.05, 0.1) is 17.1 Å². The molecule has 1 aliphatic rings. The Kier molecular flexibility index (Phi) is 4.97. The molecule has 0 N–H and O–H groups in total. The summed E-state index contributed by atoms with van der Waals surface area (Å²) in [6, 6.07) is 6.46. The van der Waals surface area contributed by atoms with Gasteiger partial charge in [0.25, 0.3) is 0 Å². The van der Waals surface area contributed by atoms with Crippen molar-refractivity contribution in [3.8, 4) is 5.75 Å². The highest BCUT2D eigenvalue weighted by Crippen LogP contribution is 2.34. The maximum absolute atomic E-state index is 6.33. The van der Waals surface area contributed by atoms with Gasteiger partial charge in [-0.2, -0.15) is 0 Å². The first kappa shape index (κ1) is 15.7. The standard InChI is InChI=1S/C19H26ClNO/c1-14(2)21-12-10-16-17(20)8-9-18(19(16)21)22-13-11-15-6-4-3-5-7-15/h8-10,12,14-15H,3-7,11,13H2,1-2H3. The molecule has 0 spiro atoms. The van der Waals surface area contributed by atoms with Gasteiger partial charge in [0.2, 0.25) is 0 Å². The van der Waals surface area contributed by atoms with E-state index in [4.69, 9.17) is 16.3 Å². The van der Waals surface area contributed by atoms with Gasteiger partial charge in [-0.25, -0.2) is 0 Å². The van der Waals surface area contributed by atoms with Gasteiger partial charge in [-0.3, -0.25) is 0 Å². The Balaban J connectivity index is 1.75. The van der Waals surface area contributed by atoms with Crippen LogP contribution in [0.2, 0.25) is 5.02 Å². The highest BCUT2D eigenvalue weighted by atomic mass is 35.5. The largest absolute Gasteiger partial charge is 0.491 e. The van der Waals surface area contributed by atoms with Crippen LogP contribution in [-0.4, -0.2) is 11.2 Å². The molecule has 0 aliphatic heterocycles. The second kappa shape index (κ2) is 6.95. The first-order chi connectivity index (χ1) is 10.7. The number of hydrogen-bond acceptors (Lipinski definition) is 1. The second-order valence-electron chi connectivity index (χ2n) is 6.77. The van der Waals surface area contributed by atoms with E-state index < -0.39 is 0 Å². The van der Waals surface area contributed by atoms with E-state index in [0.717, 1.165) is 34.2 Å². The third kappa shape index (κ3) is 3.27. The van der Waals surface area contributed by atoms with Crippen LogP contribution in [-0.2, 0) is 0 Å². The van der Waals surface area contributed by atoms with Crippen LogP contribution in [0.5, 0.6) is 5.75 Å². The molecular formula is C19H26ClNO. The van der Waals surface area contributed by atoms with Gasteiger partial charge in [0.15, 0.2) is 0 Å². The van der Waals surface area contributed by atoms with E-state index in [9.17, 15) is 0 Å². The summed E-state index contributed by atoms with van der Waals surface area (Å²) in [4.78, 5) is 0. The molecule has 0 saturated heterocycles. The van der Waals surface area contributed by atoms with E-state index in [-0.39, 0.29) is 0 Å². The van der Waals surface area contributed by atoms with Crippen LogP contribution in [0.25, 0.3) is 10.9 Å². The van der Waals surface area contributed by atoms with Gasteiger partial charge in [-0.1, -0.05) is 43.7 Å². The minimum atomic E-state index is 0.400. The lowest BCUT2D eigenvalue weighted by atomic mass is 9.87. The Hall–Kier alpha value is -1.15. The molecule has 1 saturated carbocycles. The first-order valence-electron chi connectivity index (χ1n) is 8.58. The van der Waals surface area contributed by atoms with Gasteiger partial charge in [0.1, 0.15) is 5.75 Å². The van der Waals surface area contributed by atoms with E-state index in [2.05, 4.69) is 30.7 Å². The number of hydrogen-bond donors (Lipinski definition) is 0. The summed E-state index contributed by atoms with van der Waals surface area (Å²) in [6.45, 7) is 5.18. The number of rotatable bonds is 5. The monoisotopic (exact) mass is 319 g/mol. The van der Waals surface area contributed by atoms with Gasteiger partial charge in [-0.15, -0.1) is 0 Å². The fraction of sp³-hybridized carbons (Fsp3) is 0.579. The Bertz CT molecular complexity index is 626. The number of aromatic nitrogens is 1. The smallest absolute Gasteiger partial charge is 0.143 e. The minimum absolute atomic E-state index is 0.400. The normalized spacial score (nSPS) is 16.5. The highest BCUT2D eigenvalue weighted by molar-refractivity contribution is 6.35. The lowest BCUT2D eigenvalue weighted by Gasteiger charge is -2.21. The van der Waals surface area contributed by atoms with E-state index in [1.165, 1.54) is 38.5 Å². The molecule has 0 amide bonds. The van der Waals surface area contributed by atoms with E-state index in [0.29, 0.717) is 6.04 Å². The van der Waals surface area contributed by atoms with Crippen LogP contribution in [0, 0.1) is 5.92 Å². The molecule has 1 aromatic heterocycles. The SMILES string of the molecule is CC(C)n1ccc2c(Cl)ccc(OCCC3CCCCC3)c21. The molecular weight excluding hydrogens is 294 g/mol. The van der Waals surface area contributed by atoms with Crippen LogP contribution in [0.15, 0.2) is 24.4 Å². The quantitative estimate of drug-likeness (QED) is 0.637. The Morgan fingerprint density at radius 1 is 1.18 bits per heavy atom. The summed E-state index contributed by atoms with van der Waals surface area (Å²) in [5, 5.41) is 1.89. The number of benzene rings is 1. The third-order valence-electron chi connectivity index (χ3n) is 4.85. The van der Waals surface area contributed by atoms with Gasteiger partial charge in [-0.05, 0) is 44.4 Å². The summed E-state index contributed by atoms with van der Waals surface area (Å²) in [7, 11) is 0. The molecule has 120 valence electrons. The topological polar surface area (TPSA) is 14.2 Å². The number of fused-ring (bicyclic) bond motifs is 1. The van der Waals surface area contributed by atoms with Crippen molar-refractivity contribution in [3.05, 3.63) is 29.4 Å². The van der Waals surface area contributed by atoms with Crippen molar-refractivity contribution >= 4 is 22.5 Å². The lowest BCUT2D eigenvalue weighted by Crippen LogP contribution is -2.11. The van der Waals surface area contributed by atoms with E-state index in [1.807, 2.05) is 12.1 Å². The first-order valence-corrected chi connectivity index (χ1v) is 8.96. The predicted molar refractivity (Wildman–Crippen MR) is 94.0 cm³/mol. The Morgan fingerprint density at radius 3 is 2.68 bits per heavy atom. The van der Waals surface area contributed by atoms with Crippen molar-refractivity contribution in [1.82, 2.24) is 4.57 Å². The van der Waals surface area contributed by atoms with Crippen molar-refractivity contribution in [2.75, 3.05) is 6.61 Å². The summed E-state index contributed by atoms with van der Waals surface area (Å²) in [5.74, 6) is 1.82. The van der Waals surface area contributed by atoms with Crippen molar-refractivity contribution < 1.29 is 4.74 Å². The van der Waals surface area contributed by atoms with Crippen LogP contribution in [0.1, 0.15) is 58.4 Å². The molecule has 3 heteroatoms. The molecule has 1 fully saturated rings. The molecule has 0 atom stereocenters. The third-order valence-corrected chi connectivity index (χ3v) is 5.18. The molecule has 0 bridgehead atoms. The van der Waals surface area contributed by atoms with Crippen molar-refractivity contribution in [3.63, 3.8) is 0 Å². The zero-order valence-electron chi connectivity index (χ0n) is 13.6. The lowest BCUT2D eigenvalue weighted by molar-refractivity contribution is 0.247. The van der Waals surface area contributed by atoms with Crippen LogP contribution in [0.3, 0.4) is 0 Å². The molecule has 0 unspecified atom stereocenters. The molecule has 2 aromatic rings. The maximum Gasteiger partial charge on any atom is 0.143 e. The van der Waals surface area contributed by atoms with Crippen LogP contribution in [0.4, 0.5) is 0 Å². The molecule has 1 aliphatic carbocycles. The Labute approximate surface area is 138 Å². The number of halogens is 1. The van der Waals surface area contributed by atoms with Crippen LogP contribution >= 0.6 is 11.6 Å². The fourth-order valence-corrected chi connectivity index (χ4v) is 3.79. The molecule has 3 rings (SSSR count). The predicted octanol–water partition coefficient (Wildman–Crippen LogP) is 6.22. The van der Waals surface area contributed by atoms with Gasteiger partial charge in [0, 0.05) is 17.6 Å². The fourth-order valence-electron chi connectivity index (χ4n) is 3.58. The molecule has 22 heavy (non-hydrogen) atoms. The van der Waals surface area contributed by atoms with Gasteiger partial charge >= 0.3 is 0 Å². The molecule has 2 nitrogen and oxygen atoms in total. The van der Waals surface area contributed by atoms with Crippen molar-refractivity contribution in [1.29, 1.82) is 0 Å². The van der Waals surface area contributed by atoms with Gasteiger partial charge < -0.3 is 9.30 Å².